The van der Waals surface area contributed by atoms with E-state index in [0.29, 0.717) is 6.42 Å². The molecule has 1 heterocycles. The van der Waals surface area contributed by atoms with Crippen molar-refractivity contribution in [1.82, 2.24) is 0 Å². The Bertz CT molecular complexity index is 551. The molecule has 0 fully saturated rings. The normalized spacial score (nSPS) is 10.6. The number of benzene rings is 1. The Morgan fingerprint density at radius 2 is 2.06 bits per heavy atom. The Hall–Kier alpha value is -0.930. The lowest BCUT2D eigenvalue weighted by atomic mass is 10.1. The van der Waals surface area contributed by atoms with Crippen molar-refractivity contribution in [2.45, 2.75) is 26.7 Å². The highest BCUT2D eigenvalue weighted by Crippen LogP contribution is 2.31. The maximum atomic E-state index is 11.8. The van der Waals surface area contributed by atoms with E-state index in [4.69, 9.17) is 0 Å². The fourth-order valence-electron chi connectivity index (χ4n) is 1.87. The highest BCUT2D eigenvalue weighted by Gasteiger charge is 2.09. The predicted molar refractivity (Wildman–Crippen MR) is 81.4 cm³/mol. The van der Waals surface area contributed by atoms with Gasteiger partial charge >= 0.3 is 0 Å². The van der Waals surface area contributed by atoms with Crippen molar-refractivity contribution in [3.8, 4) is 10.4 Å². The molecule has 0 aliphatic carbocycles. The molecule has 0 spiro atoms. The van der Waals surface area contributed by atoms with Crippen LogP contribution in [0.1, 0.15) is 35.0 Å². The highest BCUT2D eigenvalue weighted by atomic mass is 79.9. The van der Waals surface area contributed by atoms with E-state index in [0.717, 1.165) is 20.6 Å². The first kappa shape index (κ1) is 13.5. The molecule has 94 valence electrons. The average molecular weight is 323 g/mol. The van der Waals surface area contributed by atoms with Gasteiger partial charge in [-0.15, -0.1) is 11.3 Å². The Balaban J connectivity index is 2.32. The number of aryl methyl sites for hydroxylation is 1. The van der Waals surface area contributed by atoms with E-state index in [1.54, 1.807) is 11.3 Å². The van der Waals surface area contributed by atoms with Gasteiger partial charge in [-0.1, -0.05) is 28.9 Å². The van der Waals surface area contributed by atoms with Crippen LogP contribution in [0.5, 0.6) is 0 Å². The van der Waals surface area contributed by atoms with E-state index in [-0.39, 0.29) is 5.78 Å². The number of hydrogen-bond donors (Lipinski definition) is 0. The van der Waals surface area contributed by atoms with Gasteiger partial charge < -0.3 is 0 Å². The van der Waals surface area contributed by atoms with Crippen LogP contribution in [0.25, 0.3) is 10.4 Å². The summed E-state index contributed by atoms with van der Waals surface area (Å²) in [5.41, 5.74) is 2.39. The highest BCUT2D eigenvalue weighted by molar-refractivity contribution is 9.10. The molecule has 0 radical (unpaired) electrons. The largest absolute Gasteiger partial charge is 0.293 e. The zero-order valence-electron chi connectivity index (χ0n) is 10.5. The van der Waals surface area contributed by atoms with Crippen LogP contribution in [0.2, 0.25) is 0 Å². The Morgan fingerprint density at radius 3 is 2.72 bits per heavy atom. The number of Topliss-reactive ketones (excluding diaryl/α,β-unsaturated/α-hetero) is 1. The zero-order valence-corrected chi connectivity index (χ0v) is 12.9. The van der Waals surface area contributed by atoms with E-state index in [1.165, 1.54) is 11.1 Å². The van der Waals surface area contributed by atoms with Crippen LogP contribution in [-0.2, 0) is 0 Å². The molecule has 0 bridgehead atoms. The number of thiophene rings is 1. The van der Waals surface area contributed by atoms with Gasteiger partial charge in [0.05, 0.1) is 4.88 Å². The lowest BCUT2D eigenvalue weighted by molar-refractivity contribution is 0.0985. The average Bonchev–Trinajstić information content (AvgIpc) is 2.77. The van der Waals surface area contributed by atoms with Gasteiger partial charge in [-0.2, -0.15) is 0 Å². The lowest BCUT2D eigenvalue weighted by Crippen LogP contribution is -1.93. The summed E-state index contributed by atoms with van der Waals surface area (Å²) in [6, 6.07) is 10.3. The number of ketones is 1. The summed E-state index contributed by atoms with van der Waals surface area (Å²) in [4.78, 5) is 13.8. The molecule has 0 unspecified atom stereocenters. The van der Waals surface area contributed by atoms with Crippen molar-refractivity contribution in [3.63, 3.8) is 0 Å². The molecule has 2 rings (SSSR count). The number of rotatable bonds is 4. The third-order valence-electron chi connectivity index (χ3n) is 2.68. The molecule has 3 heteroatoms. The molecule has 1 aromatic carbocycles. The third kappa shape index (κ3) is 3.09. The molecule has 0 N–H and O–H groups in total. The quantitative estimate of drug-likeness (QED) is 0.682. The van der Waals surface area contributed by atoms with Gasteiger partial charge in [-0.25, -0.2) is 0 Å². The van der Waals surface area contributed by atoms with Crippen LogP contribution in [0.15, 0.2) is 34.8 Å². The predicted octanol–water partition coefficient (Wildman–Crippen LogP) is 5.47. The zero-order chi connectivity index (χ0) is 13.1. The molecule has 0 aliphatic heterocycles. The summed E-state index contributed by atoms with van der Waals surface area (Å²) in [7, 11) is 0. The minimum absolute atomic E-state index is 0.250. The van der Waals surface area contributed by atoms with Crippen molar-refractivity contribution in [2.24, 2.45) is 0 Å². The van der Waals surface area contributed by atoms with Gasteiger partial charge in [-0.3, -0.25) is 4.79 Å². The van der Waals surface area contributed by atoms with Gasteiger partial charge in [0, 0.05) is 15.8 Å². The second kappa shape index (κ2) is 5.81. The Labute approximate surface area is 120 Å². The van der Waals surface area contributed by atoms with E-state index in [9.17, 15) is 4.79 Å². The maximum Gasteiger partial charge on any atom is 0.172 e. The maximum absolute atomic E-state index is 11.8. The van der Waals surface area contributed by atoms with Crippen LogP contribution < -0.4 is 0 Å². The van der Waals surface area contributed by atoms with Crippen LogP contribution in [0.4, 0.5) is 0 Å². The molecular weight excluding hydrogens is 308 g/mol. The van der Waals surface area contributed by atoms with Gasteiger partial charge in [0.15, 0.2) is 5.78 Å². The summed E-state index contributed by atoms with van der Waals surface area (Å²) >= 11 is 5.09. The summed E-state index contributed by atoms with van der Waals surface area (Å²) < 4.78 is 1.08. The molecule has 2 aromatic rings. The minimum atomic E-state index is 0.250. The molecule has 1 nitrogen and oxygen atoms in total. The first-order chi connectivity index (χ1) is 8.60. The van der Waals surface area contributed by atoms with Crippen LogP contribution in [0, 0.1) is 6.92 Å². The second-order valence-corrected chi connectivity index (χ2v) is 6.35. The van der Waals surface area contributed by atoms with Crippen molar-refractivity contribution < 1.29 is 4.79 Å². The Kier molecular flexibility index (Phi) is 4.36. The monoisotopic (exact) mass is 322 g/mol. The van der Waals surface area contributed by atoms with Crippen molar-refractivity contribution >= 4 is 33.0 Å². The van der Waals surface area contributed by atoms with Gasteiger partial charge in [0.1, 0.15) is 0 Å². The molecule has 0 saturated heterocycles. The first-order valence-electron chi connectivity index (χ1n) is 6.00. The molecule has 0 aliphatic rings. The van der Waals surface area contributed by atoms with Gasteiger partial charge in [-0.05, 0) is 48.7 Å². The van der Waals surface area contributed by atoms with Crippen molar-refractivity contribution in [3.05, 3.63) is 45.2 Å². The lowest BCUT2D eigenvalue weighted by Gasteiger charge is -2.01. The van der Waals surface area contributed by atoms with Crippen LogP contribution in [-0.4, -0.2) is 5.78 Å². The smallest absolute Gasteiger partial charge is 0.172 e. The van der Waals surface area contributed by atoms with Crippen LogP contribution >= 0.6 is 27.3 Å². The second-order valence-electron chi connectivity index (χ2n) is 4.35. The minimum Gasteiger partial charge on any atom is -0.293 e. The summed E-state index contributed by atoms with van der Waals surface area (Å²) in [5.74, 6) is 0.250. The van der Waals surface area contributed by atoms with Gasteiger partial charge in [0.2, 0.25) is 0 Å². The third-order valence-corrected chi connectivity index (χ3v) is 4.32. The summed E-state index contributed by atoms with van der Waals surface area (Å²) in [5, 5.41) is 0. The molecule has 18 heavy (non-hydrogen) atoms. The van der Waals surface area contributed by atoms with Crippen molar-refractivity contribution in [1.29, 1.82) is 0 Å². The molecule has 0 amide bonds. The summed E-state index contributed by atoms with van der Waals surface area (Å²) in [6.45, 7) is 4.11. The fourth-order valence-corrected chi connectivity index (χ4v) is 3.44. The molecular formula is C15H15BrOS. The van der Waals surface area contributed by atoms with E-state index >= 15 is 0 Å². The molecule has 0 atom stereocenters. The van der Waals surface area contributed by atoms with Crippen LogP contribution in [0.3, 0.4) is 0 Å². The van der Waals surface area contributed by atoms with E-state index in [2.05, 4.69) is 41.1 Å². The SMILES string of the molecule is CCCC(=O)c1ccc(-c2cc(C)cc(Br)c2)s1. The van der Waals surface area contributed by atoms with E-state index < -0.39 is 0 Å². The Morgan fingerprint density at radius 1 is 1.28 bits per heavy atom. The topological polar surface area (TPSA) is 17.1 Å². The standard InChI is InChI=1S/C15H15BrOS/c1-3-4-13(17)15-6-5-14(18-15)11-7-10(2)8-12(16)9-11/h5-9H,3-4H2,1-2H3. The number of hydrogen-bond acceptors (Lipinski definition) is 2. The number of carbonyl (C=O) groups is 1. The van der Waals surface area contributed by atoms with E-state index in [1.807, 2.05) is 19.1 Å². The number of halogens is 1. The first-order valence-corrected chi connectivity index (χ1v) is 7.61. The van der Waals surface area contributed by atoms with Gasteiger partial charge in [0.25, 0.3) is 0 Å². The molecule has 0 saturated carbocycles. The fraction of sp³-hybridized carbons (Fsp3) is 0.267. The summed E-state index contributed by atoms with van der Waals surface area (Å²) in [6.07, 6.45) is 1.54. The molecule has 1 aromatic heterocycles. The van der Waals surface area contributed by atoms with Crippen molar-refractivity contribution in [2.75, 3.05) is 0 Å². The number of carbonyl (C=O) groups excluding carboxylic acids is 1.